The molecule has 0 aromatic heterocycles. The van der Waals surface area contributed by atoms with Crippen LogP contribution in [-0.4, -0.2) is 11.2 Å². The maximum atomic E-state index is 9.85. The molecule has 1 N–H and O–H groups in total. The van der Waals surface area contributed by atoms with Gasteiger partial charge in [-0.15, -0.1) is 0 Å². The van der Waals surface area contributed by atoms with Gasteiger partial charge >= 0.3 is 0 Å². The molecule has 1 aromatic carbocycles. The summed E-state index contributed by atoms with van der Waals surface area (Å²) in [5.41, 5.74) is 2.25. The first kappa shape index (κ1) is 12.5. The van der Waals surface area contributed by atoms with Gasteiger partial charge in [0.2, 0.25) is 0 Å². The first-order valence-corrected chi connectivity index (χ1v) is 6.01. The molecule has 1 aromatic rings. The summed E-state index contributed by atoms with van der Waals surface area (Å²) in [6.07, 6.45) is 1.99. The highest BCUT2D eigenvalue weighted by atomic mass is 79.9. The molecule has 0 aliphatic heterocycles. The van der Waals surface area contributed by atoms with Crippen molar-refractivity contribution < 1.29 is 5.11 Å². The van der Waals surface area contributed by atoms with Crippen molar-refractivity contribution in [1.82, 2.24) is 0 Å². The Balaban J connectivity index is 2.55. The molecule has 1 atom stereocenters. The van der Waals surface area contributed by atoms with Crippen molar-refractivity contribution >= 4 is 15.9 Å². The molecule has 2 heteroatoms. The van der Waals surface area contributed by atoms with Crippen LogP contribution in [0.15, 0.2) is 40.9 Å². The van der Waals surface area contributed by atoms with E-state index in [9.17, 15) is 5.11 Å². The van der Waals surface area contributed by atoms with Gasteiger partial charge in [0, 0.05) is 4.47 Å². The highest BCUT2D eigenvalue weighted by molar-refractivity contribution is 9.10. The zero-order valence-corrected chi connectivity index (χ0v) is 10.6. The zero-order valence-electron chi connectivity index (χ0n) is 9.04. The first-order chi connectivity index (χ1) is 7.13. The Labute approximate surface area is 100.0 Å². The average molecular weight is 269 g/mol. The highest BCUT2D eigenvalue weighted by Crippen LogP contribution is 2.19. The Bertz CT molecular complexity index is 333. The van der Waals surface area contributed by atoms with Gasteiger partial charge in [-0.1, -0.05) is 53.2 Å². The van der Waals surface area contributed by atoms with E-state index in [1.165, 1.54) is 0 Å². The second-order valence-electron chi connectivity index (χ2n) is 3.76. The Morgan fingerprint density at radius 1 is 1.47 bits per heavy atom. The summed E-state index contributed by atoms with van der Waals surface area (Å²) in [7, 11) is 0. The minimum absolute atomic E-state index is 0.323. The van der Waals surface area contributed by atoms with Crippen LogP contribution in [0.2, 0.25) is 0 Å². The number of aliphatic hydroxyl groups excluding tert-OH is 1. The van der Waals surface area contributed by atoms with Gasteiger partial charge in [-0.25, -0.2) is 0 Å². The van der Waals surface area contributed by atoms with Gasteiger partial charge < -0.3 is 5.11 Å². The van der Waals surface area contributed by atoms with E-state index in [2.05, 4.69) is 29.4 Å². The predicted molar refractivity (Wildman–Crippen MR) is 67.9 cm³/mol. The summed E-state index contributed by atoms with van der Waals surface area (Å²) >= 11 is 3.47. The summed E-state index contributed by atoms with van der Waals surface area (Å²) < 4.78 is 1.06. The van der Waals surface area contributed by atoms with Crippen LogP contribution < -0.4 is 0 Å². The molecule has 0 amide bonds. The fraction of sp³-hybridized carbons (Fsp3) is 0.385. The van der Waals surface area contributed by atoms with Crippen molar-refractivity contribution in [2.24, 2.45) is 0 Å². The topological polar surface area (TPSA) is 20.2 Å². The molecule has 15 heavy (non-hydrogen) atoms. The van der Waals surface area contributed by atoms with Crippen LogP contribution in [0, 0.1) is 0 Å². The van der Waals surface area contributed by atoms with Gasteiger partial charge in [-0.05, 0) is 30.9 Å². The van der Waals surface area contributed by atoms with Crippen LogP contribution in [0.5, 0.6) is 0 Å². The van der Waals surface area contributed by atoms with E-state index in [0.29, 0.717) is 12.8 Å². The summed E-state index contributed by atoms with van der Waals surface area (Å²) in [6.45, 7) is 5.97. The maximum absolute atomic E-state index is 9.85. The average Bonchev–Trinajstić information content (AvgIpc) is 2.21. The molecule has 0 saturated carbocycles. The maximum Gasteiger partial charge on any atom is 0.0617 e. The number of benzene rings is 1. The number of hydrogen-bond donors (Lipinski definition) is 1. The third-order valence-corrected chi connectivity index (χ3v) is 3.21. The smallest absolute Gasteiger partial charge is 0.0617 e. The molecule has 0 aliphatic carbocycles. The summed E-state index contributed by atoms with van der Waals surface area (Å²) in [6, 6.07) is 7.99. The molecule has 0 aliphatic rings. The number of rotatable bonds is 5. The van der Waals surface area contributed by atoms with Crippen LogP contribution in [0.4, 0.5) is 0 Å². The van der Waals surface area contributed by atoms with E-state index in [0.717, 1.165) is 22.0 Å². The predicted octanol–water partition coefficient (Wildman–Crippen LogP) is 3.71. The first-order valence-electron chi connectivity index (χ1n) is 5.21. The lowest BCUT2D eigenvalue weighted by Crippen LogP contribution is -2.11. The molecule has 0 radical (unpaired) electrons. The lowest BCUT2D eigenvalue weighted by molar-refractivity contribution is 0.174. The largest absolute Gasteiger partial charge is 0.392 e. The van der Waals surface area contributed by atoms with Crippen molar-refractivity contribution in [2.45, 2.75) is 32.3 Å². The van der Waals surface area contributed by atoms with E-state index in [1.807, 2.05) is 24.3 Å². The normalized spacial score (nSPS) is 12.5. The second kappa shape index (κ2) is 6.09. The molecule has 1 rings (SSSR count). The van der Waals surface area contributed by atoms with Crippen LogP contribution in [0.3, 0.4) is 0 Å². The number of halogens is 1. The van der Waals surface area contributed by atoms with E-state index in [1.54, 1.807) is 0 Å². The third-order valence-electron chi connectivity index (χ3n) is 2.44. The van der Waals surface area contributed by atoms with E-state index in [4.69, 9.17) is 0 Å². The zero-order chi connectivity index (χ0) is 11.3. The molecule has 0 spiro atoms. The minimum Gasteiger partial charge on any atom is -0.392 e. The van der Waals surface area contributed by atoms with Gasteiger partial charge in [0.15, 0.2) is 0 Å². The molecule has 0 bridgehead atoms. The number of aliphatic hydroxyl groups is 1. The second-order valence-corrected chi connectivity index (χ2v) is 4.61. The summed E-state index contributed by atoms with van der Waals surface area (Å²) in [5, 5.41) is 9.85. The lowest BCUT2D eigenvalue weighted by Gasteiger charge is -2.12. The Kier molecular flexibility index (Phi) is 5.06. The standard InChI is InChI=1S/C13H17BrO/c1-3-10(2)8-12(15)9-11-6-4-5-7-13(11)14/h4-7,12,15H,2-3,8-9H2,1H3. The van der Waals surface area contributed by atoms with Crippen molar-refractivity contribution in [3.05, 3.63) is 46.5 Å². The highest BCUT2D eigenvalue weighted by Gasteiger charge is 2.08. The SMILES string of the molecule is C=C(CC)CC(O)Cc1ccccc1Br. The van der Waals surface area contributed by atoms with Crippen LogP contribution >= 0.6 is 15.9 Å². The van der Waals surface area contributed by atoms with Crippen molar-refractivity contribution in [3.63, 3.8) is 0 Å². The van der Waals surface area contributed by atoms with Gasteiger partial charge in [0.05, 0.1) is 6.10 Å². The lowest BCUT2D eigenvalue weighted by atomic mass is 10.0. The number of hydrogen-bond acceptors (Lipinski definition) is 1. The van der Waals surface area contributed by atoms with E-state index in [-0.39, 0.29) is 6.10 Å². The van der Waals surface area contributed by atoms with Gasteiger partial charge in [0.25, 0.3) is 0 Å². The molecule has 0 saturated heterocycles. The minimum atomic E-state index is -0.323. The summed E-state index contributed by atoms with van der Waals surface area (Å²) in [5.74, 6) is 0. The molecule has 1 nitrogen and oxygen atoms in total. The van der Waals surface area contributed by atoms with E-state index >= 15 is 0 Å². The van der Waals surface area contributed by atoms with Gasteiger partial charge in [-0.3, -0.25) is 0 Å². The van der Waals surface area contributed by atoms with Gasteiger partial charge in [0.1, 0.15) is 0 Å². The molecule has 0 heterocycles. The van der Waals surface area contributed by atoms with Crippen molar-refractivity contribution in [1.29, 1.82) is 0 Å². The van der Waals surface area contributed by atoms with Crippen molar-refractivity contribution in [2.75, 3.05) is 0 Å². The fourth-order valence-electron chi connectivity index (χ4n) is 1.47. The molecule has 82 valence electrons. The Morgan fingerprint density at radius 2 is 2.13 bits per heavy atom. The molecule has 0 fully saturated rings. The van der Waals surface area contributed by atoms with Crippen LogP contribution in [-0.2, 0) is 6.42 Å². The Hall–Kier alpha value is -0.600. The van der Waals surface area contributed by atoms with E-state index < -0.39 is 0 Å². The monoisotopic (exact) mass is 268 g/mol. The van der Waals surface area contributed by atoms with Gasteiger partial charge in [-0.2, -0.15) is 0 Å². The quantitative estimate of drug-likeness (QED) is 0.808. The molecular weight excluding hydrogens is 252 g/mol. The third kappa shape index (κ3) is 4.18. The van der Waals surface area contributed by atoms with Crippen LogP contribution in [0.1, 0.15) is 25.3 Å². The van der Waals surface area contributed by atoms with Crippen LogP contribution in [0.25, 0.3) is 0 Å². The molecular formula is C13H17BrO. The van der Waals surface area contributed by atoms with Crippen molar-refractivity contribution in [3.8, 4) is 0 Å². The fourth-order valence-corrected chi connectivity index (χ4v) is 1.91. The summed E-state index contributed by atoms with van der Waals surface area (Å²) in [4.78, 5) is 0. The Morgan fingerprint density at radius 3 is 2.73 bits per heavy atom. The molecule has 1 unspecified atom stereocenters.